The van der Waals surface area contributed by atoms with Crippen molar-refractivity contribution in [2.24, 2.45) is 5.73 Å². The van der Waals surface area contributed by atoms with Gasteiger partial charge in [-0.15, -0.1) is 0 Å². The summed E-state index contributed by atoms with van der Waals surface area (Å²) < 4.78 is 33.4. The van der Waals surface area contributed by atoms with Crippen LogP contribution in [0.5, 0.6) is 0 Å². The molecule has 4 N–H and O–H groups in total. The Morgan fingerprint density at radius 1 is 0.525 bits per heavy atom. The predicted molar refractivity (Wildman–Crippen MR) is 245 cm³/mol. The molecule has 0 aliphatic heterocycles. The van der Waals surface area contributed by atoms with Crippen LogP contribution in [0.25, 0.3) is 0 Å². The summed E-state index contributed by atoms with van der Waals surface area (Å²) in [6.07, 6.45) is 49.4. The molecule has 0 saturated carbocycles. The normalized spacial score (nSPS) is 14.0. The van der Waals surface area contributed by atoms with E-state index in [9.17, 15) is 19.0 Å². The van der Waals surface area contributed by atoms with Crippen molar-refractivity contribution in [3.8, 4) is 0 Å². The Balaban J connectivity index is 4.15. The monoisotopic (exact) mass is 858 g/mol. The molecule has 0 aromatic rings. The Hall–Kier alpha value is -1.55. The number of unbranched alkanes of at least 4 members (excludes halogenated alkanes) is 29. The van der Waals surface area contributed by atoms with E-state index in [1.165, 1.54) is 161 Å². The highest BCUT2D eigenvalue weighted by atomic mass is 31.2. The molecule has 0 saturated heterocycles. The Morgan fingerprint density at radius 3 is 1.29 bits per heavy atom. The van der Waals surface area contributed by atoms with E-state index in [2.05, 4.69) is 38.2 Å². The number of phosphoric acid groups is 1. The lowest BCUT2D eigenvalue weighted by atomic mass is 10.1. The van der Waals surface area contributed by atoms with Gasteiger partial charge in [0, 0.05) is 13.0 Å². The number of esters is 1. The van der Waals surface area contributed by atoms with Gasteiger partial charge in [0.05, 0.1) is 19.8 Å². The Kier molecular flexibility index (Phi) is 43.3. The molecule has 3 atom stereocenters. The van der Waals surface area contributed by atoms with Crippen molar-refractivity contribution in [3.63, 3.8) is 0 Å². The third-order valence-corrected chi connectivity index (χ3v) is 11.7. The number of carboxylic acid groups (broad SMARTS) is 1. The highest BCUT2D eigenvalue weighted by Gasteiger charge is 2.27. The minimum atomic E-state index is -4.62. The fraction of sp³-hybridized carbons (Fsp3) is 0.875. The average Bonchev–Trinajstić information content (AvgIpc) is 3.21. The zero-order chi connectivity index (χ0) is 43.3. The summed E-state index contributed by atoms with van der Waals surface area (Å²) in [4.78, 5) is 33.6. The molecule has 0 heterocycles. The van der Waals surface area contributed by atoms with Crippen molar-refractivity contribution < 1.29 is 42.7 Å². The molecule has 0 aromatic heterocycles. The minimum Gasteiger partial charge on any atom is -0.480 e. The first-order chi connectivity index (χ1) is 28.7. The standard InChI is InChI=1S/C48H92NO9P/c1-3-5-7-9-11-13-15-17-19-21-22-23-24-25-26-28-30-32-34-36-38-40-47(50)58-45(43-56-59(53,54)57-44-46(49)48(51)52)42-55-41-39-37-35-33-31-29-27-20-18-16-14-12-10-8-6-4-2/h18,20-22,45-46H,3-17,19,23-44,49H2,1-2H3,(H,51,52)(H,53,54)/b20-18-,22-21-. The summed E-state index contributed by atoms with van der Waals surface area (Å²) in [6, 6.07) is -1.47. The number of aliphatic carboxylic acids is 1. The van der Waals surface area contributed by atoms with Crippen molar-refractivity contribution in [2.75, 3.05) is 26.4 Å². The van der Waals surface area contributed by atoms with Crippen LogP contribution in [0.1, 0.15) is 232 Å². The molecule has 0 aromatic carbocycles. The molecular formula is C48H92NO9P. The lowest BCUT2D eigenvalue weighted by molar-refractivity contribution is -0.154. The van der Waals surface area contributed by atoms with E-state index in [0.29, 0.717) is 13.0 Å². The van der Waals surface area contributed by atoms with Crippen LogP contribution < -0.4 is 5.73 Å². The maximum atomic E-state index is 12.7. The molecule has 0 aliphatic rings. The highest BCUT2D eigenvalue weighted by Crippen LogP contribution is 2.43. The molecule has 10 nitrogen and oxygen atoms in total. The summed E-state index contributed by atoms with van der Waals surface area (Å²) in [7, 11) is -4.62. The maximum absolute atomic E-state index is 12.7. The van der Waals surface area contributed by atoms with E-state index >= 15 is 0 Å². The summed E-state index contributed by atoms with van der Waals surface area (Å²) in [5.41, 5.74) is 5.37. The number of carbonyl (C=O) groups is 2. The molecule has 348 valence electrons. The first-order valence-corrected chi connectivity index (χ1v) is 25.9. The maximum Gasteiger partial charge on any atom is 0.472 e. The zero-order valence-corrected chi connectivity index (χ0v) is 39.0. The van der Waals surface area contributed by atoms with Gasteiger partial charge in [-0.05, 0) is 64.2 Å². The smallest absolute Gasteiger partial charge is 0.472 e. The molecule has 0 aliphatic carbocycles. The molecule has 0 radical (unpaired) electrons. The molecule has 59 heavy (non-hydrogen) atoms. The lowest BCUT2D eigenvalue weighted by Gasteiger charge is -2.20. The Morgan fingerprint density at radius 2 is 0.881 bits per heavy atom. The van der Waals surface area contributed by atoms with Crippen molar-refractivity contribution in [2.45, 2.75) is 244 Å². The van der Waals surface area contributed by atoms with Gasteiger partial charge in [0.2, 0.25) is 0 Å². The van der Waals surface area contributed by atoms with E-state index in [-0.39, 0.29) is 13.0 Å². The molecule has 3 unspecified atom stereocenters. The number of rotatable bonds is 47. The third kappa shape index (κ3) is 44.3. The molecule has 0 spiro atoms. The second-order valence-electron chi connectivity index (χ2n) is 16.6. The number of allylic oxidation sites excluding steroid dienone is 4. The summed E-state index contributed by atoms with van der Waals surface area (Å²) in [5, 5.41) is 8.91. The van der Waals surface area contributed by atoms with Crippen LogP contribution in [-0.4, -0.2) is 60.5 Å². The van der Waals surface area contributed by atoms with Crippen molar-refractivity contribution in [1.82, 2.24) is 0 Å². The molecular weight excluding hydrogens is 765 g/mol. The number of hydrogen-bond donors (Lipinski definition) is 3. The van der Waals surface area contributed by atoms with Gasteiger partial charge in [0.25, 0.3) is 0 Å². The van der Waals surface area contributed by atoms with Crippen LogP contribution >= 0.6 is 7.82 Å². The molecule has 0 bridgehead atoms. The summed E-state index contributed by atoms with van der Waals surface area (Å²) in [6.45, 7) is 3.89. The predicted octanol–water partition coefficient (Wildman–Crippen LogP) is 13.9. The third-order valence-electron chi connectivity index (χ3n) is 10.7. The second kappa shape index (κ2) is 44.5. The molecule has 0 rings (SSSR count). The van der Waals surface area contributed by atoms with Gasteiger partial charge >= 0.3 is 19.8 Å². The summed E-state index contributed by atoms with van der Waals surface area (Å²) in [5.74, 6) is -1.78. The van der Waals surface area contributed by atoms with Crippen LogP contribution in [0.2, 0.25) is 0 Å². The fourth-order valence-corrected chi connectivity index (χ4v) is 7.67. The first kappa shape index (κ1) is 57.4. The second-order valence-corrected chi connectivity index (χ2v) is 18.0. The Labute approximate surface area is 362 Å². The average molecular weight is 858 g/mol. The Bertz CT molecular complexity index is 1040. The fourth-order valence-electron chi connectivity index (χ4n) is 6.89. The number of carbonyl (C=O) groups excluding carboxylic acids is 1. The largest absolute Gasteiger partial charge is 0.480 e. The van der Waals surface area contributed by atoms with Crippen LogP contribution in [0.4, 0.5) is 0 Å². The topological polar surface area (TPSA) is 155 Å². The van der Waals surface area contributed by atoms with Gasteiger partial charge in [0.1, 0.15) is 12.1 Å². The van der Waals surface area contributed by atoms with Crippen LogP contribution in [0.3, 0.4) is 0 Å². The molecule has 0 amide bonds. The van der Waals surface area contributed by atoms with Gasteiger partial charge in [0.15, 0.2) is 0 Å². The highest BCUT2D eigenvalue weighted by molar-refractivity contribution is 7.47. The van der Waals surface area contributed by atoms with Gasteiger partial charge in [-0.2, -0.15) is 0 Å². The number of carboxylic acids is 1. The minimum absolute atomic E-state index is 0.0149. The molecule has 0 fully saturated rings. The van der Waals surface area contributed by atoms with Gasteiger partial charge in [-0.25, -0.2) is 4.57 Å². The van der Waals surface area contributed by atoms with E-state index in [1.807, 2.05) is 0 Å². The van der Waals surface area contributed by atoms with Crippen LogP contribution in [-0.2, 0) is 32.7 Å². The van der Waals surface area contributed by atoms with E-state index in [4.69, 9.17) is 29.4 Å². The van der Waals surface area contributed by atoms with E-state index in [0.717, 1.165) is 44.9 Å². The van der Waals surface area contributed by atoms with Crippen molar-refractivity contribution in [3.05, 3.63) is 24.3 Å². The van der Waals surface area contributed by atoms with Crippen LogP contribution in [0, 0.1) is 0 Å². The quantitative estimate of drug-likeness (QED) is 0.0233. The number of hydrogen-bond acceptors (Lipinski definition) is 8. The van der Waals surface area contributed by atoms with Crippen LogP contribution in [0.15, 0.2) is 24.3 Å². The number of nitrogens with two attached hydrogens (primary N) is 1. The summed E-state index contributed by atoms with van der Waals surface area (Å²) >= 11 is 0. The van der Waals surface area contributed by atoms with Gasteiger partial charge in [-0.1, -0.05) is 186 Å². The first-order valence-electron chi connectivity index (χ1n) is 24.4. The SMILES string of the molecule is CCCCCCCC/C=C\CCCCCCCCOCC(COP(=O)(O)OCC(N)C(=O)O)OC(=O)CCCCCCCCCCC/C=C\CCCCCCCCCC. The number of ether oxygens (including phenoxy) is 2. The van der Waals surface area contributed by atoms with E-state index < -0.39 is 45.1 Å². The van der Waals surface area contributed by atoms with Gasteiger partial charge < -0.3 is 25.2 Å². The lowest BCUT2D eigenvalue weighted by Crippen LogP contribution is -2.34. The zero-order valence-electron chi connectivity index (χ0n) is 38.1. The number of phosphoric ester groups is 1. The molecule has 11 heteroatoms. The van der Waals surface area contributed by atoms with Crippen molar-refractivity contribution in [1.29, 1.82) is 0 Å². The van der Waals surface area contributed by atoms with Crippen molar-refractivity contribution >= 4 is 19.8 Å². The van der Waals surface area contributed by atoms with Gasteiger partial charge in [-0.3, -0.25) is 18.6 Å². The van der Waals surface area contributed by atoms with E-state index in [1.54, 1.807) is 0 Å².